The molecule has 7 heteroatoms. The summed E-state index contributed by atoms with van der Waals surface area (Å²) in [5.74, 6) is -1.16. The van der Waals surface area contributed by atoms with Gasteiger partial charge in [0.1, 0.15) is 11.9 Å². The molecule has 160 valence electrons. The van der Waals surface area contributed by atoms with Crippen LogP contribution in [0.5, 0.6) is 0 Å². The number of carbonyl (C=O) groups is 3. The second kappa shape index (κ2) is 7.36. The average Bonchev–Trinajstić information content (AvgIpc) is 3.42. The van der Waals surface area contributed by atoms with Crippen molar-refractivity contribution in [3.8, 4) is 0 Å². The van der Waals surface area contributed by atoms with Crippen molar-refractivity contribution >= 4 is 29.1 Å². The average molecular weight is 413 g/mol. The molecule has 6 nitrogen and oxygen atoms in total. The number of hydrogen-bond acceptors (Lipinski definition) is 4. The first-order valence-corrected chi connectivity index (χ1v) is 11.2. The van der Waals surface area contributed by atoms with Gasteiger partial charge in [-0.3, -0.25) is 19.3 Å². The van der Waals surface area contributed by atoms with Gasteiger partial charge < -0.3 is 10.2 Å². The number of hydrogen-bond donors (Lipinski definition) is 1. The molecular formula is C23H28FN3O3. The molecule has 2 heterocycles. The molecule has 4 fully saturated rings. The Morgan fingerprint density at radius 1 is 1.07 bits per heavy atom. The number of benzene rings is 1. The van der Waals surface area contributed by atoms with Gasteiger partial charge in [-0.1, -0.05) is 0 Å². The number of carbonyl (C=O) groups excluding carboxylic acids is 3. The molecule has 2 saturated carbocycles. The van der Waals surface area contributed by atoms with E-state index in [1.165, 1.54) is 12.5 Å². The molecule has 2 aliphatic heterocycles. The lowest BCUT2D eigenvalue weighted by molar-refractivity contribution is -0.146. The molecule has 2 bridgehead atoms. The van der Waals surface area contributed by atoms with Gasteiger partial charge in [0.2, 0.25) is 17.7 Å². The van der Waals surface area contributed by atoms with Crippen LogP contribution in [0, 0.1) is 29.5 Å². The minimum atomic E-state index is -0.903. The van der Waals surface area contributed by atoms with Crippen LogP contribution in [-0.2, 0) is 14.4 Å². The molecule has 0 unspecified atom stereocenters. The van der Waals surface area contributed by atoms with Crippen LogP contribution in [0.3, 0.4) is 0 Å². The van der Waals surface area contributed by atoms with Crippen molar-refractivity contribution in [3.63, 3.8) is 0 Å². The molecule has 3 amide bonds. The third-order valence-electron chi connectivity index (χ3n) is 7.64. The third kappa shape index (κ3) is 3.01. The number of amides is 3. The fourth-order valence-electron chi connectivity index (χ4n) is 6.15. The van der Waals surface area contributed by atoms with E-state index >= 15 is 0 Å². The minimum absolute atomic E-state index is 0.202. The van der Waals surface area contributed by atoms with E-state index in [4.69, 9.17) is 0 Å². The Labute approximate surface area is 175 Å². The fourth-order valence-corrected chi connectivity index (χ4v) is 6.15. The Hall–Kier alpha value is -2.44. The van der Waals surface area contributed by atoms with Gasteiger partial charge >= 0.3 is 0 Å². The van der Waals surface area contributed by atoms with Crippen LogP contribution in [0.2, 0.25) is 0 Å². The summed E-state index contributed by atoms with van der Waals surface area (Å²) in [5.41, 5.74) is 0.887. The number of fused-ring (bicyclic) bond motifs is 5. The monoisotopic (exact) mass is 413 g/mol. The van der Waals surface area contributed by atoms with Crippen LogP contribution >= 0.6 is 0 Å². The normalized spacial score (nSPS) is 31.3. The molecule has 1 aromatic carbocycles. The largest absolute Gasteiger partial charge is 0.369 e. The van der Waals surface area contributed by atoms with Crippen LogP contribution in [0.4, 0.5) is 15.8 Å². The van der Waals surface area contributed by atoms with E-state index in [1.807, 2.05) is 4.90 Å². The minimum Gasteiger partial charge on any atom is -0.369 e. The molecule has 30 heavy (non-hydrogen) atoms. The maximum atomic E-state index is 14.6. The molecule has 4 aliphatic rings. The highest BCUT2D eigenvalue weighted by molar-refractivity contribution is 6.10. The lowest BCUT2D eigenvalue weighted by Gasteiger charge is -2.29. The molecule has 2 aliphatic carbocycles. The van der Waals surface area contributed by atoms with Crippen molar-refractivity contribution in [3.05, 3.63) is 24.0 Å². The van der Waals surface area contributed by atoms with Gasteiger partial charge in [0, 0.05) is 18.8 Å². The van der Waals surface area contributed by atoms with Gasteiger partial charge in [-0.25, -0.2) is 4.39 Å². The number of piperidine rings is 1. The summed E-state index contributed by atoms with van der Waals surface area (Å²) in [6.07, 6.45) is 6.24. The summed E-state index contributed by atoms with van der Waals surface area (Å²) < 4.78 is 14.6. The molecule has 1 aromatic rings. The maximum absolute atomic E-state index is 14.6. The van der Waals surface area contributed by atoms with Gasteiger partial charge in [0.05, 0.1) is 17.5 Å². The number of likely N-dealkylation sites (tertiary alicyclic amines) is 1. The van der Waals surface area contributed by atoms with E-state index in [1.54, 1.807) is 19.1 Å². The van der Waals surface area contributed by atoms with Crippen LogP contribution in [0.15, 0.2) is 18.2 Å². The van der Waals surface area contributed by atoms with Gasteiger partial charge in [0.15, 0.2) is 0 Å². The quantitative estimate of drug-likeness (QED) is 0.770. The molecule has 1 N–H and O–H groups in total. The molecule has 2 saturated heterocycles. The van der Waals surface area contributed by atoms with Crippen LogP contribution in [0.1, 0.15) is 45.4 Å². The summed E-state index contributed by atoms with van der Waals surface area (Å²) >= 11 is 0. The number of halogens is 1. The van der Waals surface area contributed by atoms with Crippen molar-refractivity contribution in [2.24, 2.45) is 23.7 Å². The summed E-state index contributed by atoms with van der Waals surface area (Å²) in [6.45, 7) is 3.25. The Morgan fingerprint density at radius 3 is 2.30 bits per heavy atom. The number of nitrogens with zero attached hydrogens (tertiary/aromatic N) is 2. The van der Waals surface area contributed by atoms with Gasteiger partial charge in [-0.2, -0.15) is 0 Å². The predicted octanol–water partition coefficient (Wildman–Crippen LogP) is 3.17. The highest BCUT2D eigenvalue weighted by atomic mass is 19.1. The SMILES string of the molecule is C[C@H](C(=O)Nc1ccc(N2CCCCC2)c(F)c1)N1C(=O)[C@H]2[C@H]3CC[C@@H](C3)[C@@H]2C1=O. The fraction of sp³-hybridized carbons (Fsp3) is 0.609. The molecule has 0 spiro atoms. The Morgan fingerprint density at radius 2 is 1.70 bits per heavy atom. The molecule has 5 rings (SSSR count). The first-order chi connectivity index (χ1) is 14.5. The van der Waals surface area contributed by atoms with Crippen LogP contribution in [-0.4, -0.2) is 41.8 Å². The summed E-state index contributed by atoms with van der Waals surface area (Å²) in [6, 6.07) is 3.78. The van der Waals surface area contributed by atoms with Gasteiger partial charge in [-0.15, -0.1) is 0 Å². The molecule has 5 atom stereocenters. The zero-order valence-corrected chi connectivity index (χ0v) is 17.3. The Balaban J connectivity index is 1.28. The number of anilines is 2. The number of rotatable bonds is 4. The van der Waals surface area contributed by atoms with E-state index in [9.17, 15) is 18.8 Å². The van der Waals surface area contributed by atoms with E-state index in [0.717, 1.165) is 50.1 Å². The molecular weight excluding hydrogens is 385 g/mol. The summed E-state index contributed by atoms with van der Waals surface area (Å²) in [5, 5.41) is 2.69. The lowest BCUT2D eigenvalue weighted by atomic mass is 9.81. The standard InChI is InChI=1S/C23H28FN3O3/c1-13(27-22(29)19-14-5-6-15(11-14)20(19)23(27)30)21(28)25-16-7-8-18(17(24)12-16)26-9-3-2-4-10-26/h7-8,12-15,19-20H,2-6,9-11H2,1H3,(H,25,28)/t13-,14+,15+,19+,20+/m1/s1. The zero-order valence-electron chi connectivity index (χ0n) is 17.3. The van der Waals surface area contributed by atoms with Crippen LogP contribution in [0.25, 0.3) is 0 Å². The second-order valence-electron chi connectivity index (χ2n) is 9.31. The van der Waals surface area contributed by atoms with Gasteiger partial charge in [0.25, 0.3) is 0 Å². The molecule has 0 aromatic heterocycles. The van der Waals surface area contributed by atoms with Crippen molar-refractivity contribution in [2.75, 3.05) is 23.3 Å². The smallest absolute Gasteiger partial charge is 0.247 e. The topological polar surface area (TPSA) is 69.7 Å². The predicted molar refractivity (Wildman–Crippen MR) is 110 cm³/mol. The first kappa shape index (κ1) is 19.5. The zero-order chi connectivity index (χ0) is 21.0. The number of imide groups is 1. The second-order valence-corrected chi connectivity index (χ2v) is 9.31. The van der Waals surface area contributed by atoms with Crippen molar-refractivity contribution in [1.29, 1.82) is 0 Å². The summed E-state index contributed by atoms with van der Waals surface area (Å²) in [7, 11) is 0. The van der Waals surface area contributed by atoms with Crippen molar-refractivity contribution < 1.29 is 18.8 Å². The highest BCUT2D eigenvalue weighted by Crippen LogP contribution is 2.56. The lowest BCUT2D eigenvalue weighted by Crippen LogP contribution is -2.46. The third-order valence-corrected chi connectivity index (χ3v) is 7.64. The van der Waals surface area contributed by atoms with E-state index in [0.29, 0.717) is 11.4 Å². The Bertz CT molecular complexity index is 870. The van der Waals surface area contributed by atoms with Crippen LogP contribution < -0.4 is 10.2 Å². The van der Waals surface area contributed by atoms with Crippen molar-refractivity contribution in [2.45, 2.75) is 51.5 Å². The van der Waals surface area contributed by atoms with E-state index in [2.05, 4.69) is 5.32 Å². The Kier molecular flexibility index (Phi) is 4.79. The van der Waals surface area contributed by atoms with E-state index < -0.39 is 11.9 Å². The first-order valence-electron chi connectivity index (χ1n) is 11.2. The van der Waals surface area contributed by atoms with Crippen molar-refractivity contribution in [1.82, 2.24) is 4.90 Å². The van der Waals surface area contributed by atoms with Gasteiger partial charge in [-0.05, 0) is 75.5 Å². The van der Waals surface area contributed by atoms with E-state index in [-0.39, 0.29) is 41.3 Å². The summed E-state index contributed by atoms with van der Waals surface area (Å²) in [4.78, 5) is 41.8. The number of nitrogens with one attached hydrogen (secondary N) is 1. The maximum Gasteiger partial charge on any atom is 0.247 e. The molecule has 0 radical (unpaired) electrons. The highest BCUT2D eigenvalue weighted by Gasteiger charge is 2.62.